The molecule has 2 rings (SSSR count). The van der Waals surface area contributed by atoms with Gasteiger partial charge in [0.25, 0.3) is 0 Å². The van der Waals surface area contributed by atoms with Crippen LogP contribution in [0.5, 0.6) is 0 Å². The highest BCUT2D eigenvalue weighted by atomic mass is 79.9. The summed E-state index contributed by atoms with van der Waals surface area (Å²) in [5, 5.41) is 1.01. The van der Waals surface area contributed by atoms with Crippen molar-refractivity contribution in [1.82, 2.24) is 0 Å². The number of rotatable bonds is 4. The summed E-state index contributed by atoms with van der Waals surface area (Å²) in [7, 11) is 1.67. The second-order valence-electron chi connectivity index (χ2n) is 4.88. The number of halogens is 4. The van der Waals surface area contributed by atoms with Crippen LogP contribution in [-0.2, 0) is 5.33 Å². The summed E-state index contributed by atoms with van der Waals surface area (Å²) in [6, 6.07) is 9.75. The highest BCUT2D eigenvalue weighted by Crippen LogP contribution is 2.31. The first-order valence-electron chi connectivity index (χ1n) is 6.46. The maximum atomic E-state index is 14.2. The molecule has 0 spiro atoms. The Kier molecular flexibility index (Phi) is 5.22. The van der Waals surface area contributed by atoms with Crippen LogP contribution in [0.1, 0.15) is 24.1 Å². The molecule has 1 unspecified atom stereocenters. The van der Waals surface area contributed by atoms with Crippen LogP contribution in [0.3, 0.4) is 0 Å². The molecule has 0 N–H and O–H groups in total. The van der Waals surface area contributed by atoms with E-state index in [1.807, 2.05) is 19.1 Å². The van der Waals surface area contributed by atoms with E-state index in [1.165, 1.54) is 12.1 Å². The molecule has 0 bridgehead atoms. The van der Waals surface area contributed by atoms with Gasteiger partial charge in [-0.05, 0) is 42.3 Å². The summed E-state index contributed by atoms with van der Waals surface area (Å²) in [6.45, 7) is 1.88. The lowest BCUT2D eigenvalue weighted by molar-refractivity contribution is 0.564. The molecular weight excluding hydrogens is 360 g/mol. The van der Waals surface area contributed by atoms with Crippen molar-refractivity contribution in [3.05, 3.63) is 64.2 Å². The number of alkyl halides is 1. The summed E-state index contributed by atoms with van der Waals surface area (Å²) in [6.07, 6.45) is 0. The maximum absolute atomic E-state index is 14.2. The van der Waals surface area contributed by atoms with E-state index in [-0.39, 0.29) is 11.7 Å². The molecule has 1 atom stereocenters. The number of anilines is 1. The Morgan fingerprint density at radius 2 is 1.81 bits per heavy atom. The number of nitrogens with zero attached hydrogens (tertiary/aromatic N) is 1. The van der Waals surface area contributed by atoms with Crippen molar-refractivity contribution in [3.8, 4) is 0 Å². The van der Waals surface area contributed by atoms with Gasteiger partial charge in [0.1, 0.15) is 17.3 Å². The predicted molar refractivity (Wildman–Crippen MR) is 87.3 cm³/mol. The summed E-state index contributed by atoms with van der Waals surface area (Å²) in [5.41, 5.74) is 1.43. The monoisotopic (exact) mass is 373 g/mol. The van der Waals surface area contributed by atoms with E-state index in [4.69, 9.17) is 11.6 Å². The zero-order chi connectivity index (χ0) is 15.6. The Bertz CT molecular complexity index is 625. The summed E-state index contributed by atoms with van der Waals surface area (Å²) >= 11 is 9.17. The van der Waals surface area contributed by atoms with E-state index in [0.29, 0.717) is 15.9 Å². The zero-order valence-corrected chi connectivity index (χ0v) is 14.0. The van der Waals surface area contributed by atoms with E-state index in [2.05, 4.69) is 15.9 Å². The SMILES string of the molecule is CC(c1cccc(Cl)c1)N(C)c1c(F)cc(CBr)cc1F. The molecule has 0 aliphatic rings. The van der Waals surface area contributed by atoms with Gasteiger partial charge in [-0.15, -0.1) is 0 Å². The normalized spacial score (nSPS) is 12.3. The first kappa shape index (κ1) is 16.2. The molecule has 0 saturated carbocycles. The number of hydrogen-bond donors (Lipinski definition) is 0. The Morgan fingerprint density at radius 3 is 2.33 bits per heavy atom. The smallest absolute Gasteiger partial charge is 0.149 e. The van der Waals surface area contributed by atoms with Gasteiger partial charge >= 0.3 is 0 Å². The van der Waals surface area contributed by atoms with Crippen molar-refractivity contribution < 1.29 is 8.78 Å². The van der Waals surface area contributed by atoms with E-state index in [1.54, 1.807) is 24.1 Å². The van der Waals surface area contributed by atoms with E-state index in [0.717, 1.165) is 5.56 Å². The van der Waals surface area contributed by atoms with Crippen molar-refractivity contribution in [2.45, 2.75) is 18.3 Å². The zero-order valence-electron chi connectivity index (χ0n) is 11.7. The van der Waals surface area contributed by atoms with E-state index >= 15 is 0 Å². The van der Waals surface area contributed by atoms with Crippen molar-refractivity contribution in [3.63, 3.8) is 0 Å². The van der Waals surface area contributed by atoms with Gasteiger partial charge in [-0.2, -0.15) is 0 Å². The summed E-state index contributed by atoms with van der Waals surface area (Å²) in [4.78, 5) is 1.58. The van der Waals surface area contributed by atoms with E-state index < -0.39 is 11.6 Å². The minimum absolute atomic E-state index is 0.0350. The van der Waals surface area contributed by atoms with Crippen LogP contribution in [0.15, 0.2) is 36.4 Å². The molecule has 0 amide bonds. The quantitative estimate of drug-likeness (QED) is 0.620. The van der Waals surface area contributed by atoms with Crippen LogP contribution in [0.4, 0.5) is 14.5 Å². The summed E-state index contributed by atoms with van der Waals surface area (Å²) < 4.78 is 28.4. The first-order chi connectivity index (χ1) is 9.93. The van der Waals surface area contributed by atoms with Crippen LogP contribution in [0.2, 0.25) is 5.02 Å². The third-order valence-electron chi connectivity index (χ3n) is 3.50. The van der Waals surface area contributed by atoms with Crippen LogP contribution >= 0.6 is 27.5 Å². The molecule has 0 aliphatic heterocycles. The maximum Gasteiger partial charge on any atom is 0.149 e. The Balaban J connectivity index is 2.38. The fourth-order valence-electron chi connectivity index (χ4n) is 2.22. The second-order valence-corrected chi connectivity index (χ2v) is 5.88. The lowest BCUT2D eigenvalue weighted by atomic mass is 10.1. The van der Waals surface area contributed by atoms with Gasteiger partial charge in [0.15, 0.2) is 0 Å². The van der Waals surface area contributed by atoms with Gasteiger partial charge in [-0.25, -0.2) is 8.78 Å². The molecule has 0 radical (unpaired) electrons. The largest absolute Gasteiger partial charge is 0.363 e. The molecule has 0 saturated heterocycles. The lowest BCUT2D eigenvalue weighted by Crippen LogP contribution is -2.24. The van der Waals surface area contributed by atoms with Crippen LogP contribution in [0.25, 0.3) is 0 Å². The molecule has 1 nitrogen and oxygen atoms in total. The Morgan fingerprint density at radius 1 is 1.19 bits per heavy atom. The fourth-order valence-corrected chi connectivity index (χ4v) is 2.74. The fraction of sp³-hybridized carbons (Fsp3) is 0.250. The van der Waals surface area contributed by atoms with Crippen LogP contribution in [-0.4, -0.2) is 7.05 Å². The molecule has 21 heavy (non-hydrogen) atoms. The highest BCUT2D eigenvalue weighted by Gasteiger charge is 2.20. The van der Waals surface area contributed by atoms with Gasteiger partial charge < -0.3 is 4.90 Å². The second kappa shape index (κ2) is 6.75. The molecule has 0 aromatic heterocycles. The van der Waals surface area contributed by atoms with Crippen LogP contribution < -0.4 is 4.90 Å². The van der Waals surface area contributed by atoms with E-state index in [9.17, 15) is 8.78 Å². The average molecular weight is 375 g/mol. The molecule has 0 aliphatic carbocycles. The third-order valence-corrected chi connectivity index (χ3v) is 4.38. The van der Waals surface area contributed by atoms with Gasteiger partial charge in [0, 0.05) is 17.4 Å². The molecule has 2 aromatic rings. The van der Waals surface area contributed by atoms with Gasteiger partial charge in [0.2, 0.25) is 0 Å². The van der Waals surface area contributed by atoms with Crippen molar-refractivity contribution in [2.75, 3.05) is 11.9 Å². The summed E-state index contributed by atoms with van der Waals surface area (Å²) in [5.74, 6) is -1.14. The average Bonchev–Trinajstić information content (AvgIpc) is 2.45. The molecule has 112 valence electrons. The number of hydrogen-bond acceptors (Lipinski definition) is 1. The first-order valence-corrected chi connectivity index (χ1v) is 7.96. The standard InChI is InChI=1S/C16H15BrClF2N/c1-10(12-4-3-5-13(18)8-12)21(2)16-14(19)6-11(9-17)7-15(16)20/h3-8,10H,9H2,1-2H3. The minimum atomic E-state index is -0.569. The molecular formula is C16H15BrClF2N. The predicted octanol–water partition coefficient (Wildman–Crippen LogP) is 5.71. The molecule has 0 fully saturated rings. The Hall–Kier alpha value is -1.13. The molecule has 0 heterocycles. The van der Waals surface area contributed by atoms with Gasteiger partial charge in [-0.1, -0.05) is 39.7 Å². The van der Waals surface area contributed by atoms with Crippen molar-refractivity contribution in [2.24, 2.45) is 0 Å². The topological polar surface area (TPSA) is 3.24 Å². The highest BCUT2D eigenvalue weighted by molar-refractivity contribution is 9.08. The van der Waals surface area contributed by atoms with Crippen molar-refractivity contribution >= 4 is 33.2 Å². The van der Waals surface area contributed by atoms with Crippen molar-refractivity contribution in [1.29, 1.82) is 0 Å². The van der Waals surface area contributed by atoms with Gasteiger partial charge in [0.05, 0.1) is 6.04 Å². The molecule has 5 heteroatoms. The minimum Gasteiger partial charge on any atom is -0.363 e. The molecule has 2 aromatic carbocycles. The Labute approximate surface area is 136 Å². The van der Waals surface area contributed by atoms with Crippen LogP contribution in [0, 0.1) is 11.6 Å². The lowest BCUT2D eigenvalue weighted by Gasteiger charge is -2.28. The third kappa shape index (κ3) is 3.55. The number of benzene rings is 2. The van der Waals surface area contributed by atoms with Gasteiger partial charge in [-0.3, -0.25) is 0 Å².